The highest BCUT2D eigenvalue weighted by Crippen LogP contribution is 2.19. The maximum Gasteiger partial charge on any atom is 0.248 e. The van der Waals surface area contributed by atoms with Crippen molar-refractivity contribution in [2.75, 3.05) is 11.6 Å². The lowest BCUT2D eigenvalue weighted by Gasteiger charge is -2.08. The van der Waals surface area contributed by atoms with Gasteiger partial charge in [-0.25, -0.2) is 8.42 Å². The van der Waals surface area contributed by atoms with E-state index in [1.165, 1.54) is 24.5 Å². The normalized spacial score (nSPS) is 11.7. The second-order valence-corrected chi connectivity index (χ2v) is 6.60. The van der Waals surface area contributed by atoms with Crippen LogP contribution < -0.4 is 5.32 Å². The number of hydrogen-bond acceptors (Lipinski definition) is 4. The Morgan fingerprint density at radius 2 is 2.05 bits per heavy atom. The third-order valence-corrected chi connectivity index (χ3v) is 3.94. The second kappa shape index (κ2) is 5.97. The first-order chi connectivity index (χ1) is 9.86. The van der Waals surface area contributed by atoms with Gasteiger partial charge in [0.05, 0.1) is 11.2 Å². The number of amides is 1. The van der Waals surface area contributed by atoms with Crippen LogP contribution in [0.2, 0.25) is 0 Å². The molecule has 0 aliphatic heterocycles. The molecule has 5 nitrogen and oxygen atoms in total. The van der Waals surface area contributed by atoms with E-state index >= 15 is 0 Å². The largest absolute Gasteiger partial charge is 0.465 e. The van der Waals surface area contributed by atoms with Crippen LogP contribution in [0.3, 0.4) is 0 Å². The lowest BCUT2D eigenvalue weighted by atomic mass is 10.2. The van der Waals surface area contributed by atoms with Gasteiger partial charge in [-0.3, -0.25) is 4.79 Å². The summed E-state index contributed by atoms with van der Waals surface area (Å²) in [6.45, 7) is 1.74. The van der Waals surface area contributed by atoms with Gasteiger partial charge >= 0.3 is 0 Å². The Morgan fingerprint density at radius 1 is 1.29 bits per heavy atom. The highest BCUT2D eigenvalue weighted by molar-refractivity contribution is 7.90. The molecular formula is C15H15NO4S. The molecule has 2 aromatic rings. The predicted molar refractivity (Wildman–Crippen MR) is 80.7 cm³/mol. The first-order valence-electron chi connectivity index (χ1n) is 6.19. The summed E-state index contributed by atoms with van der Waals surface area (Å²) in [5.41, 5.74) is 1.24. The molecule has 110 valence electrons. The molecular weight excluding hydrogens is 290 g/mol. The van der Waals surface area contributed by atoms with Crippen LogP contribution in [-0.2, 0) is 14.6 Å². The van der Waals surface area contributed by atoms with Crippen molar-refractivity contribution in [2.45, 2.75) is 11.8 Å². The van der Waals surface area contributed by atoms with Gasteiger partial charge in [0.2, 0.25) is 5.91 Å². The van der Waals surface area contributed by atoms with Crippen LogP contribution in [0.4, 0.5) is 5.69 Å². The van der Waals surface area contributed by atoms with Gasteiger partial charge in [0.1, 0.15) is 5.76 Å². The molecule has 0 aliphatic carbocycles. The maximum atomic E-state index is 11.8. The Kier molecular flexibility index (Phi) is 4.28. The molecule has 1 N–H and O–H groups in total. The molecule has 1 heterocycles. The van der Waals surface area contributed by atoms with Crippen molar-refractivity contribution in [2.24, 2.45) is 0 Å². The SMILES string of the molecule is Cc1cc(S(C)(=O)=O)ccc1NC(=O)C=Cc1ccco1. The van der Waals surface area contributed by atoms with Crippen LogP contribution in [0.1, 0.15) is 11.3 Å². The van der Waals surface area contributed by atoms with Gasteiger partial charge in [0.15, 0.2) is 9.84 Å². The number of sulfone groups is 1. The molecule has 0 unspecified atom stereocenters. The minimum absolute atomic E-state index is 0.226. The summed E-state index contributed by atoms with van der Waals surface area (Å²) in [4.78, 5) is 12.0. The van der Waals surface area contributed by atoms with E-state index in [1.807, 2.05) is 0 Å². The zero-order valence-electron chi connectivity index (χ0n) is 11.7. The van der Waals surface area contributed by atoms with E-state index < -0.39 is 9.84 Å². The highest BCUT2D eigenvalue weighted by Gasteiger charge is 2.09. The van der Waals surface area contributed by atoms with Crippen LogP contribution in [-0.4, -0.2) is 20.6 Å². The Bertz CT molecular complexity index is 774. The topological polar surface area (TPSA) is 76.4 Å². The first-order valence-corrected chi connectivity index (χ1v) is 8.09. The Morgan fingerprint density at radius 3 is 2.62 bits per heavy atom. The van der Waals surface area contributed by atoms with Crippen LogP contribution in [0.5, 0.6) is 0 Å². The van der Waals surface area contributed by atoms with E-state index in [0.29, 0.717) is 17.0 Å². The number of carbonyl (C=O) groups is 1. The summed E-state index contributed by atoms with van der Waals surface area (Å²) in [5.74, 6) is 0.260. The molecule has 1 aromatic carbocycles. The molecule has 21 heavy (non-hydrogen) atoms. The van der Waals surface area contributed by atoms with Crippen LogP contribution in [0.25, 0.3) is 6.08 Å². The predicted octanol–water partition coefficient (Wildman–Crippen LogP) is 2.64. The number of rotatable bonds is 4. The van der Waals surface area contributed by atoms with Crippen molar-refractivity contribution in [3.8, 4) is 0 Å². The highest BCUT2D eigenvalue weighted by atomic mass is 32.2. The van der Waals surface area contributed by atoms with E-state index in [1.54, 1.807) is 31.2 Å². The third-order valence-electron chi connectivity index (χ3n) is 2.83. The Balaban J connectivity index is 2.11. The minimum atomic E-state index is -3.25. The van der Waals surface area contributed by atoms with E-state index in [9.17, 15) is 13.2 Å². The zero-order chi connectivity index (χ0) is 15.5. The summed E-state index contributed by atoms with van der Waals surface area (Å²) in [7, 11) is -3.25. The van der Waals surface area contributed by atoms with Crippen molar-refractivity contribution >= 4 is 27.5 Å². The standard InChI is InChI=1S/C15H15NO4S/c1-11-10-13(21(2,18)19)6-7-14(11)16-15(17)8-5-12-4-3-9-20-12/h3-10H,1-2H3,(H,16,17). The van der Waals surface area contributed by atoms with E-state index in [0.717, 1.165) is 6.26 Å². The molecule has 0 saturated heterocycles. The number of benzene rings is 1. The van der Waals surface area contributed by atoms with E-state index in [4.69, 9.17) is 4.42 Å². The molecule has 1 amide bonds. The number of nitrogens with one attached hydrogen (secondary N) is 1. The van der Waals surface area contributed by atoms with Gasteiger partial charge in [0.25, 0.3) is 0 Å². The Labute approximate surface area is 123 Å². The molecule has 0 spiro atoms. The molecule has 0 radical (unpaired) electrons. The number of furan rings is 1. The number of hydrogen-bond donors (Lipinski definition) is 1. The lowest BCUT2D eigenvalue weighted by Crippen LogP contribution is -2.09. The quantitative estimate of drug-likeness (QED) is 0.881. The van der Waals surface area contributed by atoms with Crippen molar-refractivity contribution in [1.29, 1.82) is 0 Å². The lowest BCUT2D eigenvalue weighted by molar-refractivity contribution is -0.111. The van der Waals surface area contributed by atoms with Crippen molar-refractivity contribution in [3.05, 3.63) is 54.0 Å². The van der Waals surface area contributed by atoms with Crippen molar-refractivity contribution in [1.82, 2.24) is 0 Å². The summed E-state index contributed by atoms with van der Waals surface area (Å²) in [6, 6.07) is 8.03. The van der Waals surface area contributed by atoms with Gasteiger partial charge in [-0.15, -0.1) is 0 Å². The smallest absolute Gasteiger partial charge is 0.248 e. The fourth-order valence-electron chi connectivity index (χ4n) is 1.73. The number of carbonyl (C=O) groups excluding carboxylic acids is 1. The minimum Gasteiger partial charge on any atom is -0.465 e. The average Bonchev–Trinajstić information content (AvgIpc) is 2.91. The van der Waals surface area contributed by atoms with Gasteiger partial charge in [-0.05, 0) is 48.9 Å². The van der Waals surface area contributed by atoms with Gasteiger partial charge in [-0.2, -0.15) is 0 Å². The monoisotopic (exact) mass is 305 g/mol. The summed E-state index contributed by atoms with van der Waals surface area (Å²) in [6.07, 6.45) is 5.57. The molecule has 1 aromatic heterocycles. The number of aryl methyl sites for hydroxylation is 1. The second-order valence-electron chi connectivity index (χ2n) is 4.59. The van der Waals surface area contributed by atoms with Crippen molar-refractivity contribution in [3.63, 3.8) is 0 Å². The maximum absolute atomic E-state index is 11.8. The van der Waals surface area contributed by atoms with Crippen LogP contribution >= 0.6 is 0 Å². The number of anilines is 1. The molecule has 0 atom stereocenters. The van der Waals surface area contributed by atoms with Crippen LogP contribution in [0, 0.1) is 6.92 Å². The summed E-state index contributed by atoms with van der Waals surface area (Å²) < 4.78 is 28.0. The zero-order valence-corrected chi connectivity index (χ0v) is 12.5. The van der Waals surface area contributed by atoms with Gasteiger partial charge in [0, 0.05) is 18.0 Å². The first kappa shape index (κ1) is 15.1. The summed E-state index contributed by atoms with van der Waals surface area (Å²) >= 11 is 0. The summed E-state index contributed by atoms with van der Waals surface area (Å²) in [5, 5.41) is 2.69. The molecule has 0 fully saturated rings. The Hall–Kier alpha value is -2.34. The molecule has 0 saturated carbocycles. The molecule has 0 aliphatic rings. The third kappa shape index (κ3) is 4.06. The molecule has 6 heteroatoms. The fraction of sp³-hybridized carbons (Fsp3) is 0.133. The average molecular weight is 305 g/mol. The molecule has 0 bridgehead atoms. The van der Waals surface area contributed by atoms with Gasteiger partial charge in [-0.1, -0.05) is 0 Å². The van der Waals surface area contributed by atoms with Gasteiger partial charge < -0.3 is 9.73 Å². The van der Waals surface area contributed by atoms with Crippen molar-refractivity contribution < 1.29 is 17.6 Å². The molecule has 2 rings (SSSR count). The van der Waals surface area contributed by atoms with E-state index in [-0.39, 0.29) is 10.8 Å². The van der Waals surface area contributed by atoms with E-state index in [2.05, 4.69) is 5.32 Å². The van der Waals surface area contributed by atoms with Crippen LogP contribution in [0.15, 0.2) is 52.0 Å². The fourth-order valence-corrected chi connectivity index (χ4v) is 2.43.